The van der Waals surface area contributed by atoms with Gasteiger partial charge in [0.15, 0.2) is 5.78 Å². The summed E-state index contributed by atoms with van der Waals surface area (Å²) in [6.45, 7) is 4.31. The highest BCUT2D eigenvalue weighted by Gasteiger charge is 2.27. The van der Waals surface area contributed by atoms with Crippen molar-refractivity contribution in [3.63, 3.8) is 0 Å². The Bertz CT molecular complexity index is 454. The number of allylic oxidation sites excluding steroid dienone is 2. The maximum atomic E-state index is 11.6. The second kappa shape index (κ2) is 4.66. The highest BCUT2D eigenvalue weighted by Crippen LogP contribution is 2.34. The maximum Gasteiger partial charge on any atom is 0.156 e. The van der Waals surface area contributed by atoms with E-state index in [4.69, 9.17) is 11.6 Å². The number of halogens is 1. The largest absolute Gasteiger partial charge is 0.295 e. The first-order chi connectivity index (χ1) is 7.94. The van der Waals surface area contributed by atoms with E-state index in [0.717, 1.165) is 17.9 Å². The van der Waals surface area contributed by atoms with Gasteiger partial charge >= 0.3 is 0 Å². The highest BCUT2D eigenvalue weighted by atomic mass is 35.5. The summed E-state index contributed by atoms with van der Waals surface area (Å²) in [5.41, 5.74) is 2.55. The first kappa shape index (κ1) is 12.4. The number of carbonyl (C=O) groups excluding carboxylic acids is 1. The van der Waals surface area contributed by atoms with Gasteiger partial charge in [-0.3, -0.25) is 4.79 Å². The lowest BCUT2D eigenvalue weighted by Gasteiger charge is -2.28. The molecule has 0 bridgehead atoms. The van der Waals surface area contributed by atoms with Crippen LogP contribution in [0.1, 0.15) is 32.3 Å². The second-order valence-electron chi connectivity index (χ2n) is 5.59. The normalized spacial score (nSPS) is 19.0. The summed E-state index contributed by atoms with van der Waals surface area (Å²) >= 11 is 5.85. The Labute approximate surface area is 107 Å². The van der Waals surface area contributed by atoms with Gasteiger partial charge in [0.2, 0.25) is 0 Å². The quantitative estimate of drug-likeness (QED) is 0.767. The summed E-state index contributed by atoms with van der Waals surface area (Å²) in [5, 5.41) is 0.753. The van der Waals surface area contributed by atoms with Crippen molar-refractivity contribution in [2.45, 2.75) is 33.1 Å². The van der Waals surface area contributed by atoms with Crippen LogP contribution in [-0.4, -0.2) is 5.78 Å². The Morgan fingerprint density at radius 3 is 2.41 bits per heavy atom. The van der Waals surface area contributed by atoms with Gasteiger partial charge in [-0.25, -0.2) is 0 Å². The minimum absolute atomic E-state index is 0.105. The summed E-state index contributed by atoms with van der Waals surface area (Å²) in [4.78, 5) is 11.6. The summed E-state index contributed by atoms with van der Waals surface area (Å²) in [5.74, 6) is 0.255. The molecule has 2 rings (SSSR count). The number of carbonyl (C=O) groups is 1. The lowest BCUT2D eigenvalue weighted by Crippen LogP contribution is -2.22. The van der Waals surface area contributed by atoms with Crippen molar-refractivity contribution in [2.24, 2.45) is 5.41 Å². The molecular weight excluding hydrogens is 232 g/mol. The van der Waals surface area contributed by atoms with Gasteiger partial charge in [-0.15, -0.1) is 0 Å². The lowest BCUT2D eigenvalue weighted by atomic mass is 9.75. The molecule has 1 aliphatic rings. The van der Waals surface area contributed by atoms with Crippen LogP contribution in [0.5, 0.6) is 0 Å². The molecule has 0 radical (unpaired) electrons. The third kappa shape index (κ3) is 3.44. The van der Waals surface area contributed by atoms with Crippen LogP contribution in [0, 0.1) is 5.41 Å². The van der Waals surface area contributed by atoms with E-state index in [0.29, 0.717) is 6.42 Å². The van der Waals surface area contributed by atoms with Crippen molar-refractivity contribution in [1.82, 2.24) is 0 Å². The number of hydrogen-bond donors (Lipinski definition) is 0. The van der Waals surface area contributed by atoms with E-state index in [1.54, 1.807) is 0 Å². The van der Waals surface area contributed by atoms with Crippen LogP contribution in [0.25, 0.3) is 0 Å². The zero-order valence-corrected chi connectivity index (χ0v) is 11.1. The molecule has 0 aromatic heterocycles. The Morgan fingerprint density at radius 2 is 1.82 bits per heavy atom. The number of benzene rings is 1. The van der Waals surface area contributed by atoms with Gasteiger partial charge in [-0.2, -0.15) is 0 Å². The van der Waals surface area contributed by atoms with Crippen molar-refractivity contribution in [3.8, 4) is 0 Å². The molecule has 0 unspecified atom stereocenters. The molecule has 2 heteroatoms. The molecular formula is C15H17ClO. The molecule has 1 aromatic carbocycles. The molecule has 90 valence electrons. The molecule has 0 saturated carbocycles. The van der Waals surface area contributed by atoms with Gasteiger partial charge in [-0.05, 0) is 42.0 Å². The molecule has 0 atom stereocenters. The predicted octanol–water partition coefficient (Wildman–Crippen LogP) is 4.20. The Morgan fingerprint density at radius 1 is 1.18 bits per heavy atom. The van der Waals surface area contributed by atoms with Crippen molar-refractivity contribution < 1.29 is 4.79 Å². The van der Waals surface area contributed by atoms with E-state index >= 15 is 0 Å². The standard InChI is InChI=1S/C15H17ClO/c1-15(2)9-12(8-14(17)10-15)7-11-3-5-13(16)6-4-11/h3-6,8H,7,9-10H2,1-2H3. The van der Waals surface area contributed by atoms with Crippen molar-refractivity contribution in [1.29, 1.82) is 0 Å². The highest BCUT2D eigenvalue weighted by molar-refractivity contribution is 6.30. The smallest absolute Gasteiger partial charge is 0.156 e. The lowest BCUT2D eigenvalue weighted by molar-refractivity contribution is -0.117. The number of hydrogen-bond acceptors (Lipinski definition) is 1. The Balaban J connectivity index is 2.13. The molecule has 0 spiro atoms. The molecule has 0 amide bonds. The van der Waals surface area contributed by atoms with E-state index in [1.807, 2.05) is 30.3 Å². The molecule has 0 heterocycles. The van der Waals surface area contributed by atoms with Gasteiger partial charge in [0.25, 0.3) is 0 Å². The molecule has 0 fully saturated rings. The van der Waals surface area contributed by atoms with Crippen LogP contribution in [-0.2, 0) is 11.2 Å². The zero-order chi connectivity index (χ0) is 12.5. The molecule has 1 aliphatic carbocycles. The van der Waals surface area contributed by atoms with Crippen LogP contribution < -0.4 is 0 Å². The van der Waals surface area contributed by atoms with Crippen LogP contribution in [0.4, 0.5) is 0 Å². The SMILES string of the molecule is CC1(C)CC(=O)C=C(Cc2ccc(Cl)cc2)C1. The fourth-order valence-corrected chi connectivity index (χ4v) is 2.58. The van der Waals surface area contributed by atoms with Crippen LogP contribution in [0.3, 0.4) is 0 Å². The predicted molar refractivity (Wildman–Crippen MR) is 71.3 cm³/mol. The zero-order valence-electron chi connectivity index (χ0n) is 10.3. The maximum absolute atomic E-state index is 11.6. The van der Waals surface area contributed by atoms with E-state index in [1.165, 1.54) is 11.1 Å². The van der Waals surface area contributed by atoms with Crippen LogP contribution in [0.15, 0.2) is 35.9 Å². The molecule has 17 heavy (non-hydrogen) atoms. The van der Waals surface area contributed by atoms with Gasteiger partial charge in [-0.1, -0.05) is 43.2 Å². The van der Waals surface area contributed by atoms with Gasteiger partial charge in [0, 0.05) is 11.4 Å². The monoisotopic (exact) mass is 248 g/mol. The van der Waals surface area contributed by atoms with Crippen LogP contribution in [0.2, 0.25) is 5.02 Å². The Hall–Kier alpha value is -1.08. The van der Waals surface area contributed by atoms with Crippen molar-refractivity contribution in [3.05, 3.63) is 46.5 Å². The van der Waals surface area contributed by atoms with Crippen molar-refractivity contribution >= 4 is 17.4 Å². The van der Waals surface area contributed by atoms with E-state index in [2.05, 4.69) is 13.8 Å². The topological polar surface area (TPSA) is 17.1 Å². The summed E-state index contributed by atoms with van der Waals surface area (Å²) in [6.07, 6.45) is 4.34. The number of ketones is 1. The van der Waals surface area contributed by atoms with Gasteiger partial charge in [0.05, 0.1) is 0 Å². The first-order valence-electron chi connectivity index (χ1n) is 5.91. The summed E-state index contributed by atoms with van der Waals surface area (Å²) in [6, 6.07) is 7.84. The van der Waals surface area contributed by atoms with Gasteiger partial charge < -0.3 is 0 Å². The van der Waals surface area contributed by atoms with Crippen LogP contribution >= 0.6 is 11.6 Å². The fourth-order valence-electron chi connectivity index (χ4n) is 2.46. The number of rotatable bonds is 2. The molecule has 0 aliphatic heterocycles. The molecule has 1 nitrogen and oxygen atoms in total. The third-order valence-electron chi connectivity index (χ3n) is 3.07. The van der Waals surface area contributed by atoms with Crippen molar-refractivity contribution in [2.75, 3.05) is 0 Å². The minimum atomic E-state index is 0.105. The Kier molecular flexibility index (Phi) is 3.39. The average Bonchev–Trinajstić information content (AvgIpc) is 2.18. The van der Waals surface area contributed by atoms with E-state index in [-0.39, 0.29) is 11.2 Å². The summed E-state index contributed by atoms with van der Waals surface area (Å²) in [7, 11) is 0. The molecule has 1 aromatic rings. The molecule has 0 N–H and O–H groups in total. The van der Waals surface area contributed by atoms with E-state index in [9.17, 15) is 4.79 Å². The minimum Gasteiger partial charge on any atom is -0.295 e. The average molecular weight is 249 g/mol. The fraction of sp³-hybridized carbons (Fsp3) is 0.400. The first-order valence-corrected chi connectivity index (χ1v) is 6.29. The van der Waals surface area contributed by atoms with Gasteiger partial charge in [0.1, 0.15) is 0 Å². The summed E-state index contributed by atoms with van der Waals surface area (Å²) < 4.78 is 0. The molecule has 0 saturated heterocycles. The van der Waals surface area contributed by atoms with E-state index < -0.39 is 0 Å². The second-order valence-corrected chi connectivity index (χ2v) is 6.03. The third-order valence-corrected chi connectivity index (χ3v) is 3.32.